The van der Waals surface area contributed by atoms with Gasteiger partial charge in [0, 0.05) is 19.2 Å². The van der Waals surface area contributed by atoms with Crippen LogP contribution in [-0.4, -0.2) is 40.2 Å². The average Bonchev–Trinajstić information content (AvgIpc) is 3.18. The molecule has 6 heteroatoms. The third-order valence-corrected chi connectivity index (χ3v) is 11.5. The van der Waals surface area contributed by atoms with Crippen molar-refractivity contribution in [1.29, 1.82) is 0 Å². The average molecular weight is 356 g/mol. The van der Waals surface area contributed by atoms with Crippen LogP contribution in [0.4, 0.5) is 0 Å². The number of aryl methyl sites for hydroxylation is 1. The third-order valence-electron chi connectivity index (χ3n) is 5.01. The van der Waals surface area contributed by atoms with Crippen molar-refractivity contribution in [2.45, 2.75) is 63.2 Å². The van der Waals surface area contributed by atoms with E-state index >= 15 is 0 Å². The zero-order valence-electron chi connectivity index (χ0n) is 15.1. The highest BCUT2D eigenvalue weighted by atomic mass is 32.2. The molecule has 0 aromatic heterocycles. The molecule has 1 fully saturated rings. The molecule has 1 aromatic carbocycles. The van der Waals surface area contributed by atoms with Crippen molar-refractivity contribution in [2.24, 2.45) is 0 Å². The molecule has 0 bridgehead atoms. The maximum Gasteiger partial charge on any atom is 0.243 e. The predicted molar refractivity (Wildman–Crippen MR) is 96.6 cm³/mol. The molecule has 2 atom stereocenters. The van der Waals surface area contributed by atoms with Gasteiger partial charge in [-0.2, -0.15) is 4.31 Å². The first-order chi connectivity index (χ1) is 10.4. The Bertz CT molecular complexity index is 647. The molecular weight excluding hydrogens is 326 g/mol. The van der Waals surface area contributed by atoms with Gasteiger partial charge < -0.3 is 4.43 Å². The zero-order chi connectivity index (χ0) is 17.5. The second-order valence-electron chi connectivity index (χ2n) is 7.94. The normalized spacial score (nSPS) is 22.2. The second kappa shape index (κ2) is 6.31. The van der Waals surface area contributed by atoms with Gasteiger partial charge >= 0.3 is 0 Å². The Balaban J connectivity index is 1.89. The summed E-state index contributed by atoms with van der Waals surface area (Å²) in [6, 6.07) is 7.14. The number of nitrogens with zero attached hydrogens (tertiary/aromatic N) is 1. The van der Waals surface area contributed by atoms with Crippen LogP contribution in [0.25, 0.3) is 0 Å². The van der Waals surface area contributed by atoms with Crippen LogP contribution in [0, 0.1) is 6.92 Å². The van der Waals surface area contributed by atoms with Crippen LogP contribution in [-0.2, 0) is 14.4 Å². The van der Waals surface area contributed by atoms with E-state index in [-0.39, 0.29) is 11.1 Å². The Morgan fingerprint density at radius 1 is 1.22 bits per heavy atom. The molecule has 0 radical (unpaired) electrons. The molecule has 0 spiro atoms. The van der Waals surface area contributed by atoms with Gasteiger partial charge in [0.2, 0.25) is 10.0 Å². The van der Waals surface area contributed by atoms with Crippen molar-refractivity contribution in [3.63, 3.8) is 0 Å². The van der Waals surface area contributed by atoms with Gasteiger partial charge in [-0.3, -0.25) is 0 Å². The Hall–Kier alpha value is -0.693. The molecule has 1 saturated heterocycles. The summed E-state index contributed by atoms with van der Waals surface area (Å²) in [5.41, 5.74) is 1.06. The van der Waals surface area contributed by atoms with E-state index in [4.69, 9.17) is 4.43 Å². The van der Waals surface area contributed by atoms with Crippen LogP contribution in [0.5, 0.6) is 0 Å². The highest BCUT2D eigenvalue weighted by Gasteiger charge is 2.45. The van der Waals surface area contributed by atoms with Crippen molar-refractivity contribution in [2.75, 3.05) is 13.2 Å². The van der Waals surface area contributed by atoms with Crippen LogP contribution in [0.3, 0.4) is 0 Å². The summed E-state index contributed by atoms with van der Waals surface area (Å²) in [6.45, 7) is 14.3. The van der Waals surface area contributed by atoms with Gasteiger partial charge in [-0.15, -0.1) is 0 Å². The van der Waals surface area contributed by atoms with E-state index in [2.05, 4.69) is 33.9 Å². The summed E-state index contributed by atoms with van der Waals surface area (Å²) in [6.07, 6.45) is 0.775. The van der Waals surface area contributed by atoms with Gasteiger partial charge in [-0.1, -0.05) is 38.5 Å². The number of hydrogen-bond donors (Lipinski definition) is 0. The van der Waals surface area contributed by atoms with Crippen molar-refractivity contribution in [1.82, 2.24) is 4.31 Å². The van der Waals surface area contributed by atoms with E-state index in [9.17, 15) is 8.42 Å². The van der Waals surface area contributed by atoms with Gasteiger partial charge in [-0.05, 0) is 43.6 Å². The molecule has 1 heterocycles. The molecule has 0 saturated carbocycles. The first-order valence-corrected chi connectivity index (χ1v) is 12.5. The molecule has 0 amide bonds. The fraction of sp³-hybridized carbons (Fsp3) is 0.647. The van der Waals surface area contributed by atoms with E-state index in [1.807, 2.05) is 19.1 Å². The lowest BCUT2D eigenvalue weighted by Gasteiger charge is -2.36. The maximum atomic E-state index is 12.5. The summed E-state index contributed by atoms with van der Waals surface area (Å²) < 4.78 is 32.8. The van der Waals surface area contributed by atoms with Crippen LogP contribution in [0.1, 0.15) is 32.8 Å². The summed E-state index contributed by atoms with van der Waals surface area (Å²) >= 11 is 0. The fourth-order valence-electron chi connectivity index (χ4n) is 2.20. The van der Waals surface area contributed by atoms with Crippen molar-refractivity contribution in [3.8, 4) is 0 Å². The largest absolute Gasteiger partial charge is 0.417 e. The molecular formula is C17H29NO3SSi. The molecule has 1 unspecified atom stereocenters. The molecule has 1 aliphatic rings. The Labute approximate surface area is 142 Å². The van der Waals surface area contributed by atoms with Gasteiger partial charge in [0.1, 0.15) is 0 Å². The molecule has 130 valence electrons. The first-order valence-electron chi connectivity index (χ1n) is 8.18. The second-order valence-corrected chi connectivity index (χ2v) is 14.6. The zero-order valence-corrected chi connectivity index (χ0v) is 16.9. The minimum Gasteiger partial charge on any atom is -0.417 e. The van der Waals surface area contributed by atoms with Gasteiger partial charge in [-0.25, -0.2) is 8.42 Å². The Morgan fingerprint density at radius 3 is 2.30 bits per heavy atom. The summed E-state index contributed by atoms with van der Waals surface area (Å²) in [7, 11) is -5.09. The SMILES string of the molecule is Cc1ccc(S(=O)(=O)N2C[C@@H]2CCO[Si](C)(C)C(C)(C)C)cc1. The molecule has 2 rings (SSSR count). The van der Waals surface area contributed by atoms with Crippen molar-refractivity contribution < 1.29 is 12.8 Å². The van der Waals surface area contributed by atoms with Crippen LogP contribution >= 0.6 is 0 Å². The maximum absolute atomic E-state index is 12.5. The quantitative estimate of drug-likeness (QED) is 0.576. The minimum absolute atomic E-state index is 0.0890. The van der Waals surface area contributed by atoms with Crippen LogP contribution in [0.15, 0.2) is 29.2 Å². The predicted octanol–water partition coefficient (Wildman–Crippen LogP) is 3.78. The highest BCUT2D eigenvalue weighted by molar-refractivity contribution is 7.89. The molecule has 23 heavy (non-hydrogen) atoms. The van der Waals surface area contributed by atoms with E-state index in [1.165, 1.54) is 0 Å². The minimum atomic E-state index is -3.34. The van der Waals surface area contributed by atoms with Crippen LogP contribution in [0.2, 0.25) is 18.1 Å². The standard InChI is InChI=1S/C17H29NO3SSi/c1-14-7-9-16(10-8-14)22(19,20)18-13-15(18)11-12-21-23(5,6)17(2,3)4/h7-10,15H,11-13H2,1-6H3/t15-,18?/m0/s1. The highest BCUT2D eigenvalue weighted by Crippen LogP contribution is 2.37. The van der Waals surface area contributed by atoms with E-state index in [1.54, 1.807) is 16.4 Å². The molecule has 1 aromatic rings. The lowest BCUT2D eigenvalue weighted by molar-refractivity contribution is 0.279. The molecule has 4 nitrogen and oxygen atoms in total. The Morgan fingerprint density at radius 2 is 1.78 bits per heavy atom. The lowest BCUT2D eigenvalue weighted by Crippen LogP contribution is -2.41. The fourth-order valence-corrected chi connectivity index (χ4v) is 4.88. The topological polar surface area (TPSA) is 46.4 Å². The summed E-state index contributed by atoms with van der Waals surface area (Å²) in [4.78, 5) is 0.385. The van der Waals surface area contributed by atoms with Crippen LogP contribution < -0.4 is 0 Å². The van der Waals surface area contributed by atoms with E-state index < -0.39 is 18.3 Å². The first kappa shape index (κ1) is 18.6. The third kappa shape index (κ3) is 4.23. The number of sulfonamides is 1. The molecule has 0 N–H and O–H groups in total. The van der Waals surface area contributed by atoms with E-state index in [0.29, 0.717) is 18.0 Å². The lowest BCUT2D eigenvalue weighted by atomic mass is 10.2. The van der Waals surface area contributed by atoms with Crippen molar-refractivity contribution in [3.05, 3.63) is 29.8 Å². The van der Waals surface area contributed by atoms with Crippen molar-refractivity contribution >= 4 is 18.3 Å². The summed E-state index contributed by atoms with van der Waals surface area (Å²) in [5, 5.41) is 0.185. The molecule has 1 aliphatic heterocycles. The van der Waals surface area contributed by atoms with Gasteiger partial charge in [0.05, 0.1) is 4.90 Å². The van der Waals surface area contributed by atoms with E-state index in [0.717, 1.165) is 12.0 Å². The number of benzene rings is 1. The monoisotopic (exact) mass is 355 g/mol. The molecule has 0 aliphatic carbocycles. The number of rotatable bonds is 6. The Kier molecular flexibility index (Phi) is 5.12. The van der Waals surface area contributed by atoms with Gasteiger partial charge in [0.25, 0.3) is 0 Å². The van der Waals surface area contributed by atoms with Gasteiger partial charge in [0.15, 0.2) is 8.32 Å². The summed E-state index contributed by atoms with van der Waals surface area (Å²) in [5.74, 6) is 0. The smallest absolute Gasteiger partial charge is 0.243 e. The number of hydrogen-bond acceptors (Lipinski definition) is 3.